The largest absolute Gasteiger partial charge is 0.332 e. The van der Waals surface area contributed by atoms with Crippen molar-refractivity contribution in [2.75, 3.05) is 6.54 Å². The van der Waals surface area contributed by atoms with Gasteiger partial charge in [-0.05, 0) is 12.1 Å². The third kappa shape index (κ3) is 2.41. The molecular formula is C16H15ClN4. The molecule has 21 heavy (non-hydrogen) atoms. The number of benzene rings is 1. The number of para-hydroxylation sites is 1. The average molecular weight is 299 g/mol. The number of aromatic nitrogens is 3. The van der Waals surface area contributed by atoms with E-state index in [0.29, 0.717) is 5.02 Å². The summed E-state index contributed by atoms with van der Waals surface area (Å²) in [6.07, 6.45) is 3.84. The standard InChI is InChI=1S/C16H15ClN4/c17-15-3-1-2-12-4-5-13(19-16(12)15)9-20-6-7-21-11-18-8-14(21)10-20/h1-5,8,11H,6-7,9-10H2. The minimum Gasteiger partial charge on any atom is -0.332 e. The molecule has 1 aliphatic rings. The molecule has 0 bridgehead atoms. The fourth-order valence-electron chi connectivity index (χ4n) is 2.84. The quantitative estimate of drug-likeness (QED) is 0.729. The van der Waals surface area contributed by atoms with Crippen molar-refractivity contribution in [3.8, 4) is 0 Å². The highest BCUT2D eigenvalue weighted by molar-refractivity contribution is 6.35. The minimum absolute atomic E-state index is 0.714. The van der Waals surface area contributed by atoms with Crippen LogP contribution in [-0.4, -0.2) is 26.0 Å². The number of fused-ring (bicyclic) bond motifs is 2. The first kappa shape index (κ1) is 12.8. The predicted octanol–water partition coefficient (Wildman–Crippen LogP) is 3.10. The molecule has 0 N–H and O–H groups in total. The van der Waals surface area contributed by atoms with Crippen molar-refractivity contribution < 1.29 is 0 Å². The van der Waals surface area contributed by atoms with Crippen molar-refractivity contribution in [3.63, 3.8) is 0 Å². The van der Waals surface area contributed by atoms with Gasteiger partial charge in [0.25, 0.3) is 0 Å². The zero-order chi connectivity index (χ0) is 14.2. The molecule has 5 heteroatoms. The first-order valence-corrected chi connectivity index (χ1v) is 7.43. The molecule has 0 saturated heterocycles. The zero-order valence-electron chi connectivity index (χ0n) is 11.5. The summed E-state index contributed by atoms with van der Waals surface area (Å²) >= 11 is 6.24. The molecule has 0 fully saturated rings. The lowest BCUT2D eigenvalue weighted by atomic mass is 10.2. The van der Waals surface area contributed by atoms with Gasteiger partial charge in [0.1, 0.15) is 0 Å². The SMILES string of the molecule is Clc1cccc2ccc(CN3CCn4cncc4C3)nc12. The molecule has 0 atom stereocenters. The van der Waals surface area contributed by atoms with Crippen LogP contribution in [0.25, 0.3) is 10.9 Å². The van der Waals surface area contributed by atoms with Gasteiger partial charge < -0.3 is 4.57 Å². The Bertz CT molecular complexity index is 796. The Kier molecular flexibility index (Phi) is 3.13. The average Bonchev–Trinajstić information content (AvgIpc) is 2.96. The summed E-state index contributed by atoms with van der Waals surface area (Å²) in [6.45, 7) is 3.77. The maximum atomic E-state index is 6.24. The van der Waals surface area contributed by atoms with E-state index in [4.69, 9.17) is 16.6 Å². The lowest BCUT2D eigenvalue weighted by Gasteiger charge is -2.27. The fourth-order valence-corrected chi connectivity index (χ4v) is 3.07. The molecule has 0 unspecified atom stereocenters. The van der Waals surface area contributed by atoms with Crippen molar-refractivity contribution in [2.45, 2.75) is 19.6 Å². The molecule has 0 aliphatic carbocycles. The molecule has 4 rings (SSSR count). The van der Waals surface area contributed by atoms with E-state index in [1.165, 1.54) is 5.69 Å². The minimum atomic E-state index is 0.714. The molecule has 2 aromatic heterocycles. The summed E-state index contributed by atoms with van der Waals surface area (Å²) in [7, 11) is 0. The highest BCUT2D eigenvalue weighted by Crippen LogP contribution is 2.22. The van der Waals surface area contributed by atoms with Crippen LogP contribution in [0.15, 0.2) is 42.9 Å². The van der Waals surface area contributed by atoms with Crippen LogP contribution in [0.2, 0.25) is 5.02 Å². The van der Waals surface area contributed by atoms with Crippen LogP contribution in [0.5, 0.6) is 0 Å². The number of pyridine rings is 1. The van der Waals surface area contributed by atoms with Crippen LogP contribution >= 0.6 is 11.6 Å². The van der Waals surface area contributed by atoms with Gasteiger partial charge >= 0.3 is 0 Å². The van der Waals surface area contributed by atoms with E-state index >= 15 is 0 Å². The monoisotopic (exact) mass is 298 g/mol. The Hall–Kier alpha value is -1.91. The number of nitrogens with zero attached hydrogens (tertiary/aromatic N) is 4. The van der Waals surface area contributed by atoms with E-state index in [9.17, 15) is 0 Å². The second-order valence-corrected chi connectivity index (χ2v) is 5.81. The van der Waals surface area contributed by atoms with Gasteiger partial charge in [-0.2, -0.15) is 0 Å². The highest BCUT2D eigenvalue weighted by Gasteiger charge is 2.16. The van der Waals surface area contributed by atoms with Crippen LogP contribution in [0, 0.1) is 0 Å². The fraction of sp³-hybridized carbons (Fsp3) is 0.250. The van der Waals surface area contributed by atoms with Gasteiger partial charge in [-0.1, -0.05) is 29.8 Å². The van der Waals surface area contributed by atoms with E-state index in [1.807, 2.05) is 30.7 Å². The van der Waals surface area contributed by atoms with E-state index in [2.05, 4.69) is 26.6 Å². The first-order valence-electron chi connectivity index (χ1n) is 7.05. The van der Waals surface area contributed by atoms with Crippen LogP contribution in [0.3, 0.4) is 0 Å². The molecule has 3 heterocycles. The number of halogens is 1. The highest BCUT2D eigenvalue weighted by atomic mass is 35.5. The van der Waals surface area contributed by atoms with Gasteiger partial charge in [0.2, 0.25) is 0 Å². The van der Waals surface area contributed by atoms with E-state index in [0.717, 1.165) is 42.8 Å². The number of hydrogen-bond donors (Lipinski definition) is 0. The number of rotatable bonds is 2. The van der Waals surface area contributed by atoms with Gasteiger partial charge in [-0.3, -0.25) is 4.90 Å². The van der Waals surface area contributed by atoms with Crippen LogP contribution < -0.4 is 0 Å². The van der Waals surface area contributed by atoms with E-state index in [1.54, 1.807) is 0 Å². The molecule has 1 aromatic carbocycles. The van der Waals surface area contributed by atoms with Crippen molar-refractivity contribution in [1.29, 1.82) is 0 Å². The lowest BCUT2D eigenvalue weighted by Crippen LogP contribution is -2.32. The van der Waals surface area contributed by atoms with Crippen molar-refractivity contribution >= 4 is 22.5 Å². The van der Waals surface area contributed by atoms with Crippen molar-refractivity contribution in [3.05, 3.63) is 59.3 Å². The van der Waals surface area contributed by atoms with Gasteiger partial charge in [0, 0.05) is 37.8 Å². The maximum Gasteiger partial charge on any atom is 0.0949 e. The normalized spacial score (nSPS) is 15.3. The van der Waals surface area contributed by atoms with Crippen LogP contribution in [0.1, 0.15) is 11.4 Å². The Morgan fingerprint density at radius 3 is 3.05 bits per heavy atom. The first-order chi connectivity index (χ1) is 10.3. The van der Waals surface area contributed by atoms with Gasteiger partial charge in [-0.25, -0.2) is 9.97 Å². The Labute approximate surface area is 128 Å². The Balaban J connectivity index is 1.59. The molecule has 0 amide bonds. The third-order valence-electron chi connectivity index (χ3n) is 3.96. The number of imidazole rings is 1. The molecule has 0 saturated carbocycles. The molecule has 0 spiro atoms. The summed E-state index contributed by atoms with van der Waals surface area (Å²) in [4.78, 5) is 11.3. The summed E-state index contributed by atoms with van der Waals surface area (Å²) in [6, 6.07) is 10.1. The van der Waals surface area contributed by atoms with Crippen molar-refractivity contribution in [2.24, 2.45) is 0 Å². The third-order valence-corrected chi connectivity index (χ3v) is 4.26. The molecule has 106 valence electrons. The second kappa shape index (κ2) is 5.13. The zero-order valence-corrected chi connectivity index (χ0v) is 12.3. The van der Waals surface area contributed by atoms with E-state index in [-0.39, 0.29) is 0 Å². The van der Waals surface area contributed by atoms with Gasteiger partial charge in [0.15, 0.2) is 0 Å². The summed E-state index contributed by atoms with van der Waals surface area (Å²) in [5.74, 6) is 0. The Morgan fingerprint density at radius 1 is 1.14 bits per heavy atom. The molecule has 3 aromatic rings. The van der Waals surface area contributed by atoms with Crippen LogP contribution in [0.4, 0.5) is 0 Å². The van der Waals surface area contributed by atoms with Crippen LogP contribution in [-0.2, 0) is 19.6 Å². The maximum absolute atomic E-state index is 6.24. The lowest BCUT2D eigenvalue weighted by molar-refractivity contribution is 0.211. The molecule has 0 radical (unpaired) electrons. The van der Waals surface area contributed by atoms with E-state index < -0.39 is 0 Å². The van der Waals surface area contributed by atoms with Gasteiger partial charge in [-0.15, -0.1) is 0 Å². The van der Waals surface area contributed by atoms with Gasteiger partial charge in [0.05, 0.1) is 28.3 Å². The summed E-state index contributed by atoms with van der Waals surface area (Å²) in [5, 5.41) is 1.80. The molecular weight excluding hydrogens is 284 g/mol. The summed E-state index contributed by atoms with van der Waals surface area (Å²) in [5.41, 5.74) is 3.21. The summed E-state index contributed by atoms with van der Waals surface area (Å²) < 4.78 is 2.21. The second-order valence-electron chi connectivity index (χ2n) is 5.40. The molecule has 1 aliphatic heterocycles. The topological polar surface area (TPSA) is 34.0 Å². The van der Waals surface area contributed by atoms with Crippen molar-refractivity contribution in [1.82, 2.24) is 19.4 Å². The molecule has 4 nitrogen and oxygen atoms in total. The Morgan fingerprint density at radius 2 is 2.10 bits per heavy atom. The smallest absolute Gasteiger partial charge is 0.0949 e. The number of hydrogen-bond acceptors (Lipinski definition) is 3. The predicted molar refractivity (Wildman–Crippen MR) is 83.1 cm³/mol.